The fourth-order valence-corrected chi connectivity index (χ4v) is 1.48. The van der Waals surface area contributed by atoms with Crippen molar-refractivity contribution in [2.75, 3.05) is 0 Å². The molecule has 1 atom stereocenters. The second kappa shape index (κ2) is 11.4. The van der Waals surface area contributed by atoms with Gasteiger partial charge in [0.2, 0.25) is 5.78 Å². The quantitative estimate of drug-likeness (QED) is 0.477. The summed E-state index contributed by atoms with van der Waals surface area (Å²) < 4.78 is 22.5. The van der Waals surface area contributed by atoms with Crippen molar-refractivity contribution in [2.24, 2.45) is 0 Å². The molecule has 0 saturated heterocycles. The molecule has 0 aliphatic heterocycles. The van der Waals surface area contributed by atoms with E-state index < -0.39 is 5.60 Å². The van der Waals surface area contributed by atoms with Crippen LogP contribution >= 0.6 is 0 Å². The summed E-state index contributed by atoms with van der Waals surface area (Å²) in [5.74, 6) is -0.256. The van der Waals surface area contributed by atoms with E-state index in [1.807, 2.05) is 0 Å². The number of hydrogen-bond donors (Lipinski definition) is 1. The predicted molar refractivity (Wildman–Crippen MR) is 56.7 cm³/mol. The molecule has 0 bridgehead atoms. The Labute approximate surface area is 121 Å². The van der Waals surface area contributed by atoms with Gasteiger partial charge in [0.1, 0.15) is 0 Å². The standard InChI is InChI=1S/C10H8O2.3CO.Cr/c1-2-10(12)8-6-4-3-5-7(8)9(10)11;3*1-2;/h2-6,12H,1H2;;;;/q;;;;+6. The molecular weight excluding hydrogens is 288 g/mol. The first kappa shape index (κ1) is 22.5. The Balaban J connectivity index is -0.000000325. The summed E-state index contributed by atoms with van der Waals surface area (Å²) in [5, 5.41) is 9.67. The molecule has 0 aromatic heterocycles. The van der Waals surface area contributed by atoms with Crippen LogP contribution in [-0.4, -0.2) is 10.9 Å². The average Bonchev–Trinajstić information content (AvgIpc) is 2.52. The smallest absolute Gasteiger partial charge is 6.00 e. The van der Waals surface area contributed by atoms with Crippen molar-refractivity contribution in [3.05, 3.63) is 68.0 Å². The van der Waals surface area contributed by atoms with Crippen molar-refractivity contribution in [3.63, 3.8) is 0 Å². The van der Waals surface area contributed by atoms with E-state index in [-0.39, 0.29) is 23.1 Å². The van der Waals surface area contributed by atoms with E-state index in [0.717, 1.165) is 0 Å². The van der Waals surface area contributed by atoms with E-state index in [4.69, 9.17) is 14.0 Å². The summed E-state index contributed by atoms with van der Waals surface area (Å²) in [7, 11) is 0. The molecular formula is C13H8CrO5+6. The first-order valence-electron chi connectivity index (χ1n) is 4.31. The fraction of sp³-hybridized carbons (Fsp3) is 0.0769. The number of rotatable bonds is 1. The molecule has 1 aromatic carbocycles. The van der Waals surface area contributed by atoms with Crippen LogP contribution in [0, 0.1) is 20.0 Å². The van der Waals surface area contributed by atoms with E-state index >= 15 is 0 Å². The van der Waals surface area contributed by atoms with Crippen molar-refractivity contribution in [1.29, 1.82) is 0 Å². The molecule has 1 unspecified atom stereocenters. The Morgan fingerprint density at radius 3 is 1.95 bits per heavy atom. The molecule has 0 radical (unpaired) electrons. The van der Waals surface area contributed by atoms with Crippen molar-refractivity contribution < 1.29 is 41.2 Å². The second-order valence-electron chi connectivity index (χ2n) is 2.85. The molecule has 1 N–H and O–H groups in total. The summed E-state index contributed by atoms with van der Waals surface area (Å²) in [6, 6.07) is 7.01. The molecule has 0 fully saturated rings. The topological polar surface area (TPSA) is 97.0 Å². The summed E-state index contributed by atoms with van der Waals surface area (Å²) in [4.78, 5) is 11.3. The Morgan fingerprint density at radius 2 is 1.53 bits per heavy atom. The molecule has 0 spiro atoms. The van der Waals surface area contributed by atoms with E-state index in [0.29, 0.717) is 11.1 Å². The number of hydrogen-bond acceptors (Lipinski definition) is 2. The average molecular weight is 296 g/mol. The normalized spacial score (nSPS) is 16.7. The Bertz CT molecular complexity index is 475. The minimum absolute atomic E-state index is 0. The molecule has 0 saturated carbocycles. The van der Waals surface area contributed by atoms with E-state index in [1.165, 1.54) is 6.08 Å². The van der Waals surface area contributed by atoms with Crippen molar-refractivity contribution in [2.45, 2.75) is 5.60 Å². The number of carbonyl (C=O) groups is 1. The molecule has 19 heavy (non-hydrogen) atoms. The molecule has 1 aliphatic carbocycles. The van der Waals surface area contributed by atoms with Gasteiger partial charge >= 0.3 is 51.3 Å². The van der Waals surface area contributed by atoms with Crippen LogP contribution in [0.15, 0.2) is 36.9 Å². The molecule has 0 heterocycles. The number of Topliss-reactive ketones (excluding diaryl/α,β-unsaturated/α-hetero) is 1. The third-order valence-electron chi connectivity index (χ3n) is 2.22. The van der Waals surface area contributed by atoms with Crippen LogP contribution in [-0.2, 0) is 36.9 Å². The van der Waals surface area contributed by atoms with E-state index in [9.17, 15) is 9.90 Å². The van der Waals surface area contributed by atoms with Crippen LogP contribution in [0.3, 0.4) is 0 Å². The third kappa shape index (κ3) is 4.18. The van der Waals surface area contributed by atoms with Crippen LogP contribution in [0.5, 0.6) is 0 Å². The van der Waals surface area contributed by atoms with E-state index in [2.05, 4.69) is 26.5 Å². The van der Waals surface area contributed by atoms with Gasteiger partial charge in [0, 0.05) is 11.1 Å². The molecule has 1 aliphatic rings. The maximum atomic E-state index is 11.3. The van der Waals surface area contributed by atoms with Gasteiger partial charge in [-0.2, -0.15) is 0 Å². The number of ketones is 1. The maximum Gasteiger partial charge on any atom is 6.00 e. The van der Waals surface area contributed by atoms with Crippen LogP contribution < -0.4 is 0 Å². The number of carbonyl (C=O) groups excluding carboxylic acids is 1. The zero-order valence-electron chi connectivity index (χ0n) is 9.58. The molecule has 0 amide bonds. The largest absolute Gasteiger partial charge is 6.00 e. The molecule has 6 heteroatoms. The van der Waals surface area contributed by atoms with Gasteiger partial charge < -0.3 is 5.11 Å². The Morgan fingerprint density at radius 1 is 1.11 bits per heavy atom. The van der Waals surface area contributed by atoms with Crippen LogP contribution in [0.4, 0.5) is 0 Å². The van der Waals surface area contributed by atoms with Gasteiger partial charge in [0.15, 0.2) is 5.60 Å². The van der Waals surface area contributed by atoms with Crippen molar-refractivity contribution >= 4 is 5.78 Å². The summed E-state index contributed by atoms with van der Waals surface area (Å²) in [6.07, 6.45) is 1.28. The van der Waals surface area contributed by atoms with Gasteiger partial charge in [0.05, 0.1) is 0 Å². The minimum Gasteiger partial charge on any atom is 6.00 e. The van der Waals surface area contributed by atoms with Gasteiger partial charge in [-0.1, -0.05) is 30.8 Å². The van der Waals surface area contributed by atoms with Gasteiger partial charge in [-0.15, -0.1) is 0 Å². The molecule has 5 nitrogen and oxygen atoms in total. The van der Waals surface area contributed by atoms with Crippen LogP contribution in [0.25, 0.3) is 0 Å². The number of benzene rings is 1. The van der Waals surface area contributed by atoms with Gasteiger partial charge in [-0.05, 0) is 6.08 Å². The zero-order valence-corrected chi connectivity index (χ0v) is 10.9. The van der Waals surface area contributed by atoms with Crippen molar-refractivity contribution in [3.8, 4) is 0 Å². The molecule has 1 aromatic rings. The summed E-state index contributed by atoms with van der Waals surface area (Å²) in [5.41, 5.74) is -0.166. The van der Waals surface area contributed by atoms with Crippen molar-refractivity contribution in [1.82, 2.24) is 0 Å². The fourth-order valence-electron chi connectivity index (χ4n) is 1.48. The van der Waals surface area contributed by atoms with Crippen LogP contribution in [0.2, 0.25) is 0 Å². The minimum atomic E-state index is -1.42. The second-order valence-corrected chi connectivity index (χ2v) is 2.85. The number of aliphatic hydroxyl groups is 1. The monoisotopic (exact) mass is 296 g/mol. The summed E-state index contributed by atoms with van der Waals surface area (Å²) in [6.45, 7) is 16.9. The Kier molecular flexibility index (Phi) is 13.5. The van der Waals surface area contributed by atoms with Gasteiger partial charge in [-0.3, -0.25) is 4.79 Å². The maximum absolute atomic E-state index is 11.3. The van der Waals surface area contributed by atoms with Gasteiger partial charge in [-0.25, -0.2) is 0 Å². The Hall–Kier alpha value is -1.66. The van der Waals surface area contributed by atoms with Gasteiger partial charge in [0.25, 0.3) is 0 Å². The first-order chi connectivity index (χ1) is 8.70. The third-order valence-corrected chi connectivity index (χ3v) is 2.22. The van der Waals surface area contributed by atoms with E-state index in [1.54, 1.807) is 24.3 Å². The summed E-state index contributed by atoms with van der Waals surface area (Å²) >= 11 is 0. The predicted octanol–water partition coefficient (Wildman–Crippen LogP) is 1.14. The van der Waals surface area contributed by atoms with Crippen LogP contribution in [0.1, 0.15) is 15.9 Å². The zero-order chi connectivity index (χ0) is 14.8. The SMILES string of the molecule is C=CC1(O)C(=O)c2ccccc21.[C-]#[O+].[C-]#[O+].[C-]#[O+].[Cr+6]. The number of fused-ring (bicyclic) bond motifs is 1. The first-order valence-corrected chi connectivity index (χ1v) is 4.31. The molecule has 90 valence electrons. The molecule has 2 rings (SSSR count).